The number of carbonyl (C=O) groups is 1. The second-order valence-electron chi connectivity index (χ2n) is 6.47. The van der Waals surface area contributed by atoms with E-state index in [2.05, 4.69) is 15.7 Å². The van der Waals surface area contributed by atoms with Crippen LogP contribution in [-0.2, 0) is 6.54 Å². The van der Waals surface area contributed by atoms with Crippen LogP contribution in [0, 0.1) is 11.6 Å². The van der Waals surface area contributed by atoms with E-state index in [1.807, 2.05) is 24.3 Å². The quantitative estimate of drug-likeness (QED) is 0.710. The van der Waals surface area contributed by atoms with Crippen LogP contribution in [0.2, 0.25) is 0 Å². The highest BCUT2D eigenvalue weighted by Crippen LogP contribution is 2.25. The summed E-state index contributed by atoms with van der Waals surface area (Å²) < 4.78 is 33.5. The third-order valence-corrected chi connectivity index (χ3v) is 4.57. The van der Waals surface area contributed by atoms with E-state index >= 15 is 0 Å². The molecule has 3 aromatic rings. The lowest BCUT2D eigenvalue weighted by atomic mass is 10.1. The molecule has 0 bridgehead atoms. The number of ether oxygens (including phenoxy) is 1. The number of carbonyl (C=O) groups excluding carboxylic acids is 1. The molecule has 1 atom stereocenters. The summed E-state index contributed by atoms with van der Waals surface area (Å²) in [5.41, 5.74) is 2.39. The minimum atomic E-state index is -0.629. The van der Waals surface area contributed by atoms with Gasteiger partial charge in [0.2, 0.25) is 0 Å². The van der Waals surface area contributed by atoms with Gasteiger partial charge in [-0.25, -0.2) is 13.5 Å². The lowest BCUT2D eigenvalue weighted by molar-refractivity contribution is 0.0900. The van der Waals surface area contributed by atoms with Gasteiger partial charge < -0.3 is 10.1 Å². The van der Waals surface area contributed by atoms with E-state index in [4.69, 9.17) is 4.74 Å². The molecule has 2 heterocycles. The van der Waals surface area contributed by atoms with Gasteiger partial charge in [-0.2, -0.15) is 5.10 Å². The Labute approximate surface area is 160 Å². The van der Waals surface area contributed by atoms with E-state index < -0.39 is 11.6 Å². The topological polar surface area (TPSA) is 68.2 Å². The van der Waals surface area contributed by atoms with Crippen molar-refractivity contribution in [3.8, 4) is 17.0 Å². The van der Waals surface area contributed by atoms with Gasteiger partial charge >= 0.3 is 0 Å². The molecule has 0 aliphatic carbocycles. The standard InChI is InChI=1S/C20H18F2N4O2/c1-28-16-4-2-13(3-5-16)17-9-18-20(27)24-11-19(26(18)25-17)23-10-12-6-14(21)8-15(22)7-12/h2-9,19,23H,10-11H2,1H3,(H,24,27). The number of nitrogens with one attached hydrogen (secondary N) is 2. The van der Waals surface area contributed by atoms with Gasteiger partial charge in [-0.1, -0.05) is 0 Å². The van der Waals surface area contributed by atoms with Crippen LogP contribution in [-0.4, -0.2) is 29.3 Å². The van der Waals surface area contributed by atoms with Gasteiger partial charge in [0.05, 0.1) is 19.3 Å². The Hall–Kier alpha value is -3.26. The largest absolute Gasteiger partial charge is 0.497 e. The number of amides is 1. The number of halogens is 2. The lowest BCUT2D eigenvalue weighted by Crippen LogP contribution is -2.45. The Kier molecular flexibility index (Phi) is 4.79. The van der Waals surface area contributed by atoms with E-state index in [9.17, 15) is 13.6 Å². The average Bonchev–Trinajstić information content (AvgIpc) is 3.13. The SMILES string of the molecule is COc1ccc(-c2cc3n(n2)C(NCc2cc(F)cc(F)c2)CNC3=O)cc1. The zero-order valence-corrected chi connectivity index (χ0v) is 15.1. The summed E-state index contributed by atoms with van der Waals surface area (Å²) in [7, 11) is 1.59. The summed E-state index contributed by atoms with van der Waals surface area (Å²) in [6, 6.07) is 12.5. The van der Waals surface area contributed by atoms with E-state index in [0.29, 0.717) is 23.5 Å². The number of methoxy groups -OCH3 is 1. The molecule has 0 fully saturated rings. The van der Waals surface area contributed by atoms with Gasteiger partial charge in [-0.05, 0) is 48.0 Å². The normalized spacial score (nSPS) is 15.8. The van der Waals surface area contributed by atoms with Crippen molar-refractivity contribution >= 4 is 5.91 Å². The second-order valence-corrected chi connectivity index (χ2v) is 6.47. The number of nitrogens with zero attached hydrogens (tertiary/aromatic N) is 2. The van der Waals surface area contributed by atoms with Crippen molar-refractivity contribution in [3.63, 3.8) is 0 Å². The molecule has 1 aliphatic heterocycles. The summed E-state index contributed by atoms with van der Waals surface area (Å²) in [4.78, 5) is 12.2. The maximum absolute atomic E-state index is 13.4. The van der Waals surface area contributed by atoms with Crippen LogP contribution in [0.3, 0.4) is 0 Å². The number of hydrogen-bond donors (Lipinski definition) is 2. The maximum Gasteiger partial charge on any atom is 0.269 e. The van der Waals surface area contributed by atoms with E-state index in [1.54, 1.807) is 17.9 Å². The van der Waals surface area contributed by atoms with Crippen molar-refractivity contribution in [1.82, 2.24) is 20.4 Å². The molecule has 1 aromatic heterocycles. The molecule has 0 radical (unpaired) electrons. The number of fused-ring (bicyclic) bond motifs is 1. The van der Waals surface area contributed by atoms with Gasteiger partial charge in [0, 0.05) is 18.2 Å². The lowest BCUT2D eigenvalue weighted by Gasteiger charge is -2.25. The predicted octanol–water partition coefficient (Wildman–Crippen LogP) is 2.87. The third-order valence-electron chi connectivity index (χ3n) is 4.57. The summed E-state index contributed by atoms with van der Waals surface area (Å²) in [5, 5.41) is 10.5. The molecule has 0 saturated heterocycles. The molecule has 1 amide bonds. The van der Waals surface area contributed by atoms with E-state index in [-0.39, 0.29) is 18.6 Å². The number of hydrogen-bond acceptors (Lipinski definition) is 4. The fourth-order valence-electron chi connectivity index (χ4n) is 3.18. The van der Waals surface area contributed by atoms with Crippen molar-refractivity contribution in [2.75, 3.05) is 13.7 Å². The van der Waals surface area contributed by atoms with Crippen LogP contribution in [0.15, 0.2) is 48.5 Å². The molecule has 1 unspecified atom stereocenters. The third kappa shape index (κ3) is 3.59. The fraction of sp³-hybridized carbons (Fsp3) is 0.200. The van der Waals surface area contributed by atoms with Crippen LogP contribution in [0.5, 0.6) is 5.75 Å². The molecule has 2 aromatic carbocycles. The predicted molar refractivity (Wildman–Crippen MR) is 98.8 cm³/mol. The van der Waals surface area contributed by atoms with Crippen LogP contribution in [0.25, 0.3) is 11.3 Å². The highest BCUT2D eigenvalue weighted by atomic mass is 19.1. The molecule has 4 rings (SSSR count). The van der Waals surface area contributed by atoms with E-state index in [1.165, 1.54) is 12.1 Å². The Bertz CT molecular complexity index is 997. The number of benzene rings is 2. The molecule has 144 valence electrons. The second kappa shape index (κ2) is 7.40. The molecular weight excluding hydrogens is 366 g/mol. The van der Waals surface area contributed by atoms with Crippen LogP contribution < -0.4 is 15.4 Å². The van der Waals surface area contributed by atoms with Crippen molar-refractivity contribution in [2.45, 2.75) is 12.7 Å². The summed E-state index contributed by atoms with van der Waals surface area (Å²) >= 11 is 0. The van der Waals surface area contributed by atoms with Gasteiger partial charge in [0.1, 0.15) is 29.2 Å². The first kappa shape index (κ1) is 18.1. The van der Waals surface area contributed by atoms with E-state index in [0.717, 1.165) is 17.4 Å². The summed E-state index contributed by atoms with van der Waals surface area (Å²) in [6.07, 6.45) is -0.342. The molecule has 28 heavy (non-hydrogen) atoms. The molecule has 8 heteroatoms. The van der Waals surface area contributed by atoms with Crippen LogP contribution in [0.4, 0.5) is 8.78 Å². The molecule has 0 spiro atoms. The highest BCUT2D eigenvalue weighted by molar-refractivity contribution is 5.94. The van der Waals surface area contributed by atoms with Gasteiger partial charge in [0.15, 0.2) is 0 Å². The Morgan fingerprint density at radius 1 is 1.18 bits per heavy atom. The first-order valence-corrected chi connectivity index (χ1v) is 8.74. The van der Waals surface area contributed by atoms with Gasteiger partial charge in [-0.3, -0.25) is 10.1 Å². The Morgan fingerprint density at radius 2 is 1.89 bits per heavy atom. The van der Waals surface area contributed by atoms with Crippen molar-refractivity contribution in [2.24, 2.45) is 0 Å². The maximum atomic E-state index is 13.4. The first-order chi connectivity index (χ1) is 13.5. The van der Waals surface area contributed by atoms with Crippen molar-refractivity contribution < 1.29 is 18.3 Å². The minimum Gasteiger partial charge on any atom is -0.497 e. The summed E-state index contributed by atoms with van der Waals surface area (Å²) in [5.74, 6) is -0.750. The smallest absolute Gasteiger partial charge is 0.269 e. The highest BCUT2D eigenvalue weighted by Gasteiger charge is 2.27. The number of aromatic nitrogens is 2. The molecular formula is C20H18F2N4O2. The first-order valence-electron chi connectivity index (χ1n) is 8.74. The monoisotopic (exact) mass is 384 g/mol. The van der Waals surface area contributed by atoms with Gasteiger partial charge in [0.25, 0.3) is 5.91 Å². The zero-order valence-electron chi connectivity index (χ0n) is 15.1. The van der Waals surface area contributed by atoms with Crippen LogP contribution >= 0.6 is 0 Å². The molecule has 0 saturated carbocycles. The summed E-state index contributed by atoms with van der Waals surface area (Å²) in [6.45, 7) is 0.541. The number of rotatable bonds is 5. The molecule has 1 aliphatic rings. The zero-order chi connectivity index (χ0) is 19.7. The molecule has 6 nitrogen and oxygen atoms in total. The Balaban J connectivity index is 1.57. The minimum absolute atomic E-state index is 0.220. The molecule has 2 N–H and O–H groups in total. The van der Waals surface area contributed by atoms with Crippen molar-refractivity contribution in [3.05, 3.63) is 71.4 Å². The van der Waals surface area contributed by atoms with Crippen molar-refractivity contribution in [1.29, 1.82) is 0 Å². The van der Waals surface area contributed by atoms with Gasteiger partial charge in [-0.15, -0.1) is 0 Å². The Morgan fingerprint density at radius 3 is 2.57 bits per heavy atom. The van der Waals surface area contributed by atoms with Crippen LogP contribution in [0.1, 0.15) is 22.2 Å². The average molecular weight is 384 g/mol. The fourth-order valence-corrected chi connectivity index (χ4v) is 3.18.